The van der Waals surface area contributed by atoms with Crippen molar-refractivity contribution < 1.29 is 22.3 Å². The van der Waals surface area contributed by atoms with Gasteiger partial charge in [0.25, 0.3) is 0 Å². The fourth-order valence-electron chi connectivity index (χ4n) is 2.95. The molecule has 0 aliphatic carbocycles. The molecule has 0 amide bonds. The normalized spacial score (nSPS) is 19.2. The first-order chi connectivity index (χ1) is 10.8. The minimum atomic E-state index is -4.52. The topological polar surface area (TPSA) is 57.6 Å². The van der Waals surface area contributed by atoms with Crippen LogP contribution in [0.3, 0.4) is 0 Å². The molecule has 1 aliphatic rings. The minimum absolute atomic E-state index is 0.0195. The van der Waals surface area contributed by atoms with E-state index in [1.165, 1.54) is 12.1 Å². The Morgan fingerprint density at radius 3 is 2.22 bits per heavy atom. The number of hydrogen-bond acceptors (Lipinski definition) is 4. The zero-order valence-electron chi connectivity index (χ0n) is 13.2. The molecule has 1 aliphatic heterocycles. The van der Waals surface area contributed by atoms with Crippen molar-refractivity contribution in [2.45, 2.75) is 43.4 Å². The number of likely N-dealkylation sites (tertiary alicyclic amines) is 1. The molecule has 1 aromatic carbocycles. The summed E-state index contributed by atoms with van der Waals surface area (Å²) in [6.45, 7) is 4.68. The monoisotopic (exact) mass is 347 g/mol. The molecule has 0 bridgehead atoms. The first-order valence-electron chi connectivity index (χ1n) is 7.77. The molecule has 1 aromatic rings. The SMILES string of the molecule is CCC1(CO)CCN(Cc2ccc(S(=O)(=O)C(F)F)cc2)CC1. The van der Waals surface area contributed by atoms with Crippen molar-refractivity contribution in [2.24, 2.45) is 5.41 Å². The molecule has 7 heteroatoms. The first kappa shape index (κ1) is 18.3. The Bertz CT molecular complexity index is 603. The maximum Gasteiger partial charge on any atom is 0.341 e. The average molecular weight is 347 g/mol. The summed E-state index contributed by atoms with van der Waals surface area (Å²) in [5.74, 6) is -3.39. The van der Waals surface area contributed by atoms with Gasteiger partial charge in [-0.2, -0.15) is 8.78 Å². The predicted octanol–water partition coefficient (Wildman–Crippen LogP) is 2.67. The molecule has 0 saturated carbocycles. The number of aliphatic hydroxyl groups is 1. The lowest BCUT2D eigenvalue weighted by atomic mass is 9.77. The summed E-state index contributed by atoms with van der Waals surface area (Å²) in [6.07, 6.45) is 2.81. The number of alkyl halides is 2. The van der Waals surface area contributed by atoms with Crippen LogP contribution in [0.1, 0.15) is 31.7 Å². The van der Waals surface area contributed by atoms with Crippen LogP contribution in [0, 0.1) is 5.41 Å². The highest BCUT2D eigenvalue weighted by Crippen LogP contribution is 2.34. The maximum absolute atomic E-state index is 12.5. The Morgan fingerprint density at radius 2 is 1.78 bits per heavy atom. The average Bonchev–Trinajstić information content (AvgIpc) is 2.56. The number of nitrogens with zero attached hydrogens (tertiary/aromatic N) is 1. The highest BCUT2D eigenvalue weighted by molar-refractivity contribution is 7.91. The Labute approximate surface area is 136 Å². The third-order valence-corrected chi connectivity index (χ3v) is 6.29. The second kappa shape index (κ2) is 7.23. The van der Waals surface area contributed by atoms with Crippen molar-refractivity contribution in [3.8, 4) is 0 Å². The molecule has 130 valence electrons. The van der Waals surface area contributed by atoms with E-state index in [4.69, 9.17) is 0 Å². The molecule has 1 heterocycles. The van der Waals surface area contributed by atoms with Gasteiger partial charge in [-0.25, -0.2) is 8.42 Å². The summed E-state index contributed by atoms with van der Waals surface area (Å²) in [5, 5.41) is 9.53. The van der Waals surface area contributed by atoms with Crippen LogP contribution in [0.2, 0.25) is 0 Å². The zero-order valence-corrected chi connectivity index (χ0v) is 14.0. The molecule has 0 radical (unpaired) electrons. The molecule has 1 N–H and O–H groups in total. The summed E-state index contributed by atoms with van der Waals surface area (Å²) in [7, 11) is -4.52. The van der Waals surface area contributed by atoms with Crippen molar-refractivity contribution in [1.29, 1.82) is 0 Å². The Kier molecular flexibility index (Phi) is 5.75. The van der Waals surface area contributed by atoms with Crippen LogP contribution in [-0.4, -0.2) is 43.9 Å². The lowest BCUT2D eigenvalue weighted by Crippen LogP contribution is -2.41. The largest absolute Gasteiger partial charge is 0.396 e. The highest BCUT2D eigenvalue weighted by Gasteiger charge is 2.32. The standard InChI is InChI=1S/C16H23F2NO3S/c1-2-16(12-20)7-9-19(10-8-16)11-13-3-5-14(6-4-13)23(21,22)15(17)18/h3-6,15,20H,2,7-12H2,1H3. The summed E-state index contributed by atoms with van der Waals surface area (Å²) in [5.41, 5.74) is 0.914. The third kappa shape index (κ3) is 4.08. The second-order valence-corrected chi connectivity index (χ2v) is 8.16. The van der Waals surface area contributed by atoms with Crippen LogP contribution in [-0.2, 0) is 16.4 Å². The van der Waals surface area contributed by atoms with Gasteiger partial charge in [0, 0.05) is 13.2 Å². The smallest absolute Gasteiger partial charge is 0.341 e. The molecule has 0 atom stereocenters. The van der Waals surface area contributed by atoms with E-state index in [9.17, 15) is 22.3 Å². The molecular weight excluding hydrogens is 324 g/mol. The molecule has 0 unspecified atom stereocenters. The van der Waals surface area contributed by atoms with Crippen molar-refractivity contribution in [3.05, 3.63) is 29.8 Å². The molecule has 1 fully saturated rings. The van der Waals surface area contributed by atoms with E-state index in [1.807, 2.05) is 0 Å². The van der Waals surface area contributed by atoms with Crippen molar-refractivity contribution in [2.75, 3.05) is 19.7 Å². The number of piperidine rings is 1. The van der Waals surface area contributed by atoms with E-state index in [2.05, 4.69) is 11.8 Å². The van der Waals surface area contributed by atoms with E-state index in [1.54, 1.807) is 12.1 Å². The van der Waals surface area contributed by atoms with E-state index in [-0.39, 0.29) is 16.9 Å². The van der Waals surface area contributed by atoms with E-state index < -0.39 is 15.6 Å². The number of benzene rings is 1. The van der Waals surface area contributed by atoms with Crippen LogP contribution in [0.25, 0.3) is 0 Å². The lowest BCUT2D eigenvalue weighted by Gasteiger charge is -2.40. The van der Waals surface area contributed by atoms with Crippen LogP contribution >= 0.6 is 0 Å². The van der Waals surface area contributed by atoms with Crippen LogP contribution in [0.15, 0.2) is 29.2 Å². The van der Waals surface area contributed by atoms with Gasteiger partial charge >= 0.3 is 5.76 Å². The Hall–Kier alpha value is -1.05. The fourth-order valence-corrected chi connectivity index (χ4v) is 3.68. The maximum atomic E-state index is 12.5. The molecule has 2 rings (SSSR count). The van der Waals surface area contributed by atoms with Crippen molar-refractivity contribution in [1.82, 2.24) is 4.90 Å². The van der Waals surface area contributed by atoms with Crippen LogP contribution < -0.4 is 0 Å². The molecule has 4 nitrogen and oxygen atoms in total. The van der Waals surface area contributed by atoms with Gasteiger partial charge in [-0.1, -0.05) is 19.1 Å². The van der Waals surface area contributed by atoms with Crippen LogP contribution in [0.5, 0.6) is 0 Å². The van der Waals surface area contributed by atoms with Gasteiger partial charge in [-0.05, 0) is 55.5 Å². The van der Waals surface area contributed by atoms with E-state index >= 15 is 0 Å². The molecule has 0 aromatic heterocycles. The molecule has 1 saturated heterocycles. The Balaban J connectivity index is 1.98. The van der Waals surface area contributed by atoms with Gasteiger partial charge in [-0.15, -0.1) is 0 Å². The quantitative estimate of drug-likeness (QED) is 0.860. The highest BCUT2D eigenvalue weighted by atomic mass is 32.2. The minimum Gasteiger partial charge on any atom is -0.396 e. The summed E-state index contributed by atoms with van der Waals surface area (Å²) in [4.78, 5) is 1.89. The fraction of sp³-hybridized carbons (Fsp3) is 0.625. The molecule has 0 spiro atoms. The number of rotatable bonds is 6. The van der Waals surface area contributed by atoms with Gasteiger partial charge in [-0.3, -0.25) is 4.90 Å². The number of hydrogen-bond donors (Lipinski definition) is 1. The first-order valence-corrected chi connectivity index (χ1v) is 9.32. The summed E-state index contributed by atoms with van der Waals surface area (Å²) >= 11 is 0. The van der Waals surface area contributed by atoms with Gasteiger partial charge in [0.1, 0.15) is 0 Å². The van der Waals surface area contributed by atoms with E-state index in [0.717, 1.165) is 37.9 Å². The predicted molar refractivity (Wildman–Crippen MR) is 84.0 cm³/mol. The third-order valence-electron chi connectivity index (χ3n) is 4.89. The molecular formula is C16H23F2NO3S. The van der Waals surface area contributed by atoms with E-state index in [0.29, 0.717) is 6.54 Å². The molecule has 23 heavy (non-hydrogen) atoms. The zero-order chi connectivity index (χ0) is 17.1. The van der Waals surface area contributed by atoms with Gasteiger partial charge in [0.2, 0.25) is 9.84 Å². The van der Waals surface area contributed by atoms with Gasteiger partial charge < -0.3 is 5.11 Å². The number of halogens is 2. The number of aliphatic hydroxyl groups excluding tert-OH is 1. The number of sulfone groups is 1. The summed E-state index contributed by atoms with van der Waals surface area (Å²) < 4.78 is 47.8. The lowest BCUT2D eigenvalue weighted by molar-refractivity contribution is 0.0382. The summed E-state index contributed by atoms with van der Waals surface area (Å²) in [6, 6.07) is 5.65. The van der Waals surface area contributed by atoms with Gasteiger partial charge in [0.05, 0.1) is 4.90 Å². The van der Waals surface area contributed by atoms with Crippen molar-refractivity contribution >= 4 is 9.84 Å². The second-order valence-electron chi connectivity index (χ2n) is 6.24. The Morgan fingerprint density at radius 1 is 1.22 bits per heavy atom. The van der Waals surface area contributed by atoms with Crippen molar-refractivity contribution in [3.63, 3.8) is 0 Å². The van der Waals surface area contributed by atoms with Gasteiger partial charge in [0.15, 0.2) is 0 Å². The van der Waals surface area contributed by atoms with Crippen LogP contribution in [0.4, 0.5) is 8.78 Å².